The van der Waals surface area contributed by atoms with E-state index in [-0.39, 0.29) is 16.8 Å². The molecule has 5 nitrogen and oxygen atoms in total. The predicted molar refractivity (Wildman–Crippen MR) is 73.8 cm³/mol. The Morgan fingerprint density at radius 3 is 2.11 bits per heavy atom. The minimum atomic E-state index is 0.166. The van der Waals surface area contributed by atoms with Gasteiger partial charge in [0.05, 0.1) is 0 Å². The largest absolute Gasteiger partial charge is 0.368 e. The van der Waals surface area contributed by atoms with Gasteiger partial charge in [-0.25, -0.2) is 0 Å². The first-order valence-electron chi connectivity index (χ1n) is 7.05. The van der Waals surface area contributed by atoms with Gasteiger partial charge in [0, 0.05) is 5.54 Å². The Kier molecular flexibility index (Phi) is 2.43. The molecular formula is C13H18ClN5. The van der Waals surface area contributed by atoms with E-state index < -0.39 is 0 Å². The lowest BCUT2D eigenvalue weighted by Gasteiger charge is -2.56. The standard InChI is InChI=1S/C13H18ClN5/c14-10-16-11(15)18-12(17-10)19-13-4-7-1-8(5-13)3-9(2-7)6-13/h7-9H,1-6H2,(H3,15,16,17,18,19). The van der Waals surface area contributed by atoms with Crippen molar-refractivity contribution in [3.63, 3.8) is 0 Å². The van der Waals surface area contributed by atoms with Gasteiger partial charge in [-0.3, -0.25) is 0 Å². The third kappa shape index (κ3) is 2.04. The molecule has 102 valence electrons. The minimum Gasteiger partial charge on any atom is -0.368 e. The highest BCUT2D eigenvalue weighted by atomic mass is 35.5. The van der Waals surface area contributed by atoms with Crippen LogP contribution >= 0.6 is 11.6 Å². The molecule has 0 spiro atoms. The molecule has 0 radical (unpaired) electrons. The van der Waals surface area contributed by atoms with E-state index in [4.69, 9.17) is 17.3 Å². The fraction of sp³-hybridized carbons (Fsp3) is 0.769. The quantitative estimate of drug-likeness (QED) is 0.870. The summed E-state index contributed by atoms with van der Waals surface area (Å²) in [6.07, 6.45) is 7.97. The van der Waals surface area contributed by atoms with Gasteiger partial charge in [-0.05, 0) is 67.9 Å². The summed E-state index contributed by atoms with van der Waals surface area (Å²) in [5.74, 6) is 3.38. The molecule has 4 fully saturated rings. The van der Waals surface area contributed by atoms with Crippen molar-refractivity contribution < 1.29 is 0 Å². The highest BCUT2D eigenvalue weighted by Gasteiger charge is 2.51. The first kappa shape index (κ1) is 11.7. The molecule has 0 aliphatic heterocycles. The maximum Gasteiger partial charge on any atom is 0.229 e. The van der Waals surface area contributed by atoms with E-state index in [2.05, 4.69) is 20.3 Å². The van der Waals surface area contributed by atoms with Gasteiger partial charge in [-0.15, -0.1) is 0 Å². The first-order chi connectivity index (χ1) is 9.10. The van der Waals surface area contributed by atoms with Gasteiger partial charge in [0.2, 0.25) is 17.2 Å². The van der Waals surface area contributed by atoms with E-state index in [0.717, 1.165) is 17.8 Å². The highest BCUT2D eigenvalue weighted by Crippen LogP contribution is 2.56. The Morgan fingerprint density at radius 2 is 1.58 bits per heavy atom. The van der Waals surface area contributed by atoms with Crippen LogP contribution in [0, 0.1) is 17.8 Å². The van der Waals surface area contributed by atoms with Crippen molar-refractivity contribution in [1.29, 1.82) is 0 Å². The van der Waals surface area contributed by atoms with E-state index in [1.165, 1.54) is 38.5 Å². The molecule has 4 aliphatic rings. The summed E-state index contributed by atoms with van der Waals surface area (Å²) in [4.78, 5) is 12.1. The molecule has 1 aromatic rings. The van der Waals surface area contributed by atoms with Crippen LogP contribution in [-0.2, 0) is 0 Å². The lowest BCUT2D eigenvalue weighted by Crippen LogP contribution is -2.55. The summed E-state index contributed by atoms with van der Waals surface area (Å²) >= 11 is 5.85. The zero-order valence-electron chi connectivity index (χ0n) is 10.8. The summed E-state index contributed by atoms with van der Waals surface area (Å²) in [5, 5.41) is 3.71. The number of rotatable bonds is 2. The number of nitrogens with zero attached hydrogens (tertiary/aromatic N) is 3. The fourth-order valence-electron chi connectivity index (χ4n) is 4.92. The van der Waals surface area contributed by atoms with E-state index in [9.17, 15) is 0 Å². The van der Waals surface area contributed by atoms with E-state index in [1.807, 2.05) is 0 Å². The number of anilines is 2. The van der Waals surface area contributed by atoms with Crippen LogP contribution in [0.4, 0.5) is 11.9 Å². The second kappa shape index (κ2) is 3.95. The summed E-state index contributed by atoms with van der Waals surface area (Å²) in [7, 11) is 0. The van der Waals surface area contributed by atoms with Crippen LogP contribution in [0.25, 0.3) is 0 Å². The van der Waals surface area contributed by atoms with E-state index in [1.54, 1.807) is 0 Å². The Hall–Kier alpha value is -1.10. The molecular weight excluding hydrogens is 262 g/mol. The van der Waals surface area contributed by atoms with Gasteiger partial charge in [0.15, 0.2) is 0 Å². The molecule has 1 aromatic heterocycles. The number of hydrogen-bond acceptors (Lipinski definition) is 5. The normalized spacial score (nSPS) is 39.5. The first-order valence-corrected chi connectivity index (χ1v) is 7.43. The number of halogens is 1. The van der Waals surface area contributed by atoms with Gasteiger partial charge in [-0.2, -0.15) is 15.0 Å². The fourth-order valence-corrected chi connectivity index (χ4v) is 5.09. The zero-order valence-corrected chi connectivity index (χ0v) is 11.5. The molecule has 4 aliphatic carbocycles. The van der Waals surface area contributed by atoms with Crippen LogP contribution in [-0.4, -0.2) is 20.5 Å². The third-order valence-corrected chi connectivity index (χ3v) is 5.21. The van der Waals surface area contributed by atoms with Crippen LogP contribution in [0.15, 0.2) is 0 Å². The van der Waals surface area contributed by atoms with Gasteiger partial charge < -0.3 is 11.1 Å². The smallest absolute Gasteiger partial charge is 0.229 e. The molecule has 0 saturated heterocycles. The SMILES string of the molecule is Nc1nc(Cl)nc(NC23CC4CC(CC(C4)C2)C3)n1. The number of nitrogen functional groups attached to an aromatic ring is 1. The van der Waals surface area contributed by atoms with E-state index >= 15 is 0 Å². The molecule has 4 saturated carbocycles. The number of nitrogens with two attached hydrogens (primary N) is 1. The predicted octanol–water partition coefficient (Wildman–Crippen LogP) is 2.49. The molecule has 0 aromatic carbocycles. The molecule has 0 atom stereocenters. The van der Waals surface area contributed by atoms with Gasteiger partial charge >= 0.3 is 0 Å². The van der Waals surface area contributed by atoms with Crippen molar-refractivity contribution in [3.05, 3.63) is 5.28 Å². The lowest BCUT2D eigenvalue weighted by molar-refractivity contribution is 0.0103. The molecule has 1 heterocycles. The van der Waals surface area contributed by atoms with Gasteiger partial charge in [0.1, 0.15) is 0 Å². The number of nitrogens with one attached hydrogen (secondary N) is 1. The zero-order chi connectivity index (χ0) is 13.0. The Bertz CT molecular complexity index is 462. The average molecular weight is 280 g/mol. The van der Waals surface area contributed by atoms with Crippen LogP contribution in [0.3, 0.4) is 0 Å². The number of aromatic nitrogens is 3. The second-order valence-corrected chi connectivity index (χ2v) is 6.95. The molecule has 5 rings (SSSR count). The second-order valence-electron chi connectivity index (χ2n) is 6.61. The van der Waals surface area contributed by atoms with Gasteiger partial charge in [-0.1, -0.05) is 0 Å². The van der Waals surface area contributed by atoms with Crippen molar-refractivity contribution in [2.24, 2.45) is 17.8 Å². The minimum absolute atomic E-state index is 0.166. The average Bonchev–Trinajstić information content (AvgIpc) is 2.23. The van der Waals surface area contributed by atoms with Gasteiger partial charge in [0.25, 0.3) is 0 Å². The summed E-state index contributed by atoms with van der Waals surface area (Å²) in [6.45, 7) is 0. The molecule has 0 unspecified atom stereocenters. The maximum atomic E-state index is 5.85. The highest BCUT2D eigenvalue weighted by molar-refractivity contribution is 6.28. The molecule has 6 heteroatoms. The van der Waals surface area contributed by atoms with Crippen molar-refractivity contribution >= 4 is 23.5 Å². The van der Waals surface area contributed by atoms with Crippen LogP contribution in [0.1, 0.15) is 38.5 Å². The summed E-state index contributed by atoms with van der Waals surface area (Å²) < 4.78 is 0. The van der Waals surface area contributed by atoms with Crippen molar-refractivity contribution in [2.45, 2.75) is 44.1 Å². The molecule has 4 bridgehead atoms. The Morgan fingerprint density at radius 1 is 1.00 bits per heavy atom. The monoisotopic (exact) mass is 279 g/mol. The van der Waals surface area contributed by atoms with Crippen LogP contribution < -0.4 is 11.1 Å². The third-order valence-electron chi connectivity index (χ3n) is 5.04. The molecule has 19 heavy (non-hydrogen) atoms. The van der Waals surface area contributed by atoms with Crippen LogP contribution in [0.2, 0.25) is 5.28 Å². The van der Waals surface area contributed by atoms with E-state index in [0.29, 0.717) is 5.95 Å². The molecule has 0 amide bonds. The lowest BCUT2D eigenvalue weighted by atomic mass is 9.53. The number of hydrogen-bond donors (Lipinski definition) is 2. The Balaban J connectivity index is 1.62. The van der Waals surface area contributed by atoms with Crippen molar-refractivity contribution in [2.75, 3.05) is 11.1 Å². The summed E-state index contributed by atoms with van der Waals surface area (Å²) in [5.41, 5.74) is 5.81. The maximum absolute atomic E-state index is 5.85. The topological polar surface area (TPSA) is 76.7 Å². The van der Waals surface area contributed by atoms with Crippen molar-refractivity contribution in [3.8, 4) is 0 Å². The molecule has 3 N–H and O–H groups in total. The summed E-state index contributed by atoms with van der Waals surface area (Å²) in [6, 6.07) is 0. The van der Waals surface area contributed by atoms with Crippen molar-refractivity contribution in [1.82, 2.24) is 15.0 Å². The van der Waals surface area contributed by atoms with Crippen LogP contribution in [0.5, 0.6) is 0 Å². The Labute approximate surface area is 117 Å².